The van der Waals surface area contributed by atoms with Gasteiger partial charge in [-0.25, -0.2) is 4.68 Å². The van der Waals surface area contributed by atoms with Crippen LogP contribution in [-0.4, -0.2) is 49.1 Å². The number of nitrogens with two attached hydrogens (primary N) is 1. The van der Waals surface area contributed by atoms with Crippen LogP contribution in [0.25, 0.3) is 11.4 Å². The number of primary amides is 1. The second-order valence-corrected chi connectivity index (χ2v) is 7.32. The summed E-state index contributed by atoms with van der Waals surface area (Å²) in [6.45, 7) is 1.78. The first-order chi connectivity index (χ1) is 15.9. The molecular weight excluding hydrogens is 426 g/mol. The molecule has 3 aromatic rings. The van der Waals surface area contributed by atoms with Crippen LogP contribution in [0, 0.1) is 0 Å². The van der Waals surface area contributed by atoms with Crippen LogP contribution in [0.2, 0.25) is 0 Å². The van der Waals surface area contributed by atoms with E-state index in [4.69, 9.17) is 29.8 Å². The topological polar surface area (TPSA) is 123 Å². The third-order valence-corrected chi connectivity index (χ3v) is 5.45. The van der Waals surface area contributed by atoms with E-state index in [9.17, 15) is 4.79 Å². The van der Waals surface area contributed by atoms with Crippen LogP contribution in [0.1, 0.15) is 18.5 Å². The van der Waals surface area contributed by atoms with Crippen molar-refractivity contribution < 1.29 is 23.7 Å². The lowest BCUT2D eigenvalue weighted by Crippen LogP contribution is -2.31. The molecule has 2 aromatic carbocycles. The number of hydrogen-bond donors (Lipinski definition) is 2. The Morgan fingerprint density at radius 2 is 1.73 bits per heavy atom. The molecule has 33 heavy (non-hydrogen) atoms. The minimum atomic E-state index is -0.586. The van der Waals surface area contributed by atoms with E-state index in [1.807, 2.05) is 24.3 Å². The van der Waals surface area contributed by atoms with E-state index >= 15 is 0 Å². The molecular formula is C23H25N5O5. The fraction of sp³-hybridized carbons (Fsp3) is 0.261. The average Bonchev–Trinajstić information content (AvgIpc) is 3.25. The van der Waals surface area contributed by atoms with E-state index < -0.39 is 11.9 Å². The molecule has 1 aliphatic heterocycles. The van der Waals surface area contributed by atoms with Crippen LogP contribution in [-0.2, 0) is 4.79 Å². The number of allylic oxidation sites excluding steroid dienone is 1. The number of hydrogen-bond acceptors (Lipinski definition) is 8. The van der Waals surface area contributed by atoms with Crippen LogP contribution in [0.3, 0.4) is 0 Å². The van der Waals surface area contributed by atoms with E-state index in [-0.39, 0.29) is 0 Å². The van der Waals surface area contributed by atoms with E-state index in [1.54, 1.807) is 45.1 Å². The van der Waals surface area contributed by atoms with Crippen LogP contribution >= 0.6 is 0 Å². The molecule has 2 heterocycles. The highest BCUT2D eigenvalue weighted by molar-refractivity contribution is 5.95. The molecule has 1 aliphatic rings. The summed E-state index contributed by atoms with van der Waals surface area (Å²) >= 11 is 0. The quantitative estimate of drug-likeness (QED) is 0.562. The summed E-state index contributed by atoms with van der Waals surface area (Å²) in [5.74, 6) is 2.39. The molecule has 0 fully saturated rings. The zero-order chi connectivity index (χ0) is 23.7. The number of methoxy groups -OCH3 is 4. The van der Waals surface area contributed by atoms with Gasteiger partial charge in [-0.1, -0.05) is 12.1 Å². The average molecular weight is 451 g/mol. The number of nitrogens with zero attached hydrogens (tertiary/aromatic N) is 3. The van der Waals surface area contributed by atoms with Crippen molar-refractivity contribution in [1.29, 1.82) is 0 Å². The van der Waals surface area contributed by atoms with Crippen molar-refractivity contribution in [3.05, 3.63) is 53.2 Å². The van der Waals surface area contributed by atoms with Crippen molar-refractivity contribution in [3.63, 3.8) is 0 Å². The normalized spacial score (nSPS) is 14.9. The van der Waals surface area contributed by atoms with Crippen molar-refractivity contribution >= 4 is 11.9 Å². The summed E-state index contributed by atoms with van der Waals surface area (Å²) in [5, 5.41) is 7.86. The van der Waals surface area contributed by atoms with Crippen molar-refractivity contribution in [2.24, 2.45) is 5.73 Å². The summed E-state index contributed by atoms with van der Waals surface area (Å²) < 4.78 is 23.3. The Balaban J connectivity index is 1.89. The van der Waals surface area contributed by atoms with Gasteiger partial charge in [-0.15, -0.1) is 5.10 Å². The molecule has 1 unspecified atom stereocenters. The summed E-state index contributed by atoms with van der Waals surface area (Å²) in [6.07, 6.45) is 0. The number of amides is 1. The van der Waals surface area contributed by atoms with Crippen LogP contribution in [0.5, 0.6) is 23.0 Å². The third-order valence-electron chi connectivity index (χ3n) is 5.45. The summed E-state index contributed by atoms with van der Waals surface area (Å²) in [6, 6.07) is 10.3. The standard InChI is InChI=1S/C23H25N5O5/c1-12-18(21(24)29)19(13-7-6-8-15(9-13)30-2)28-23(25-12)26-22(27-28)14-10-16(31-3)20(33-5)17(11-14)32-4/h6-11,19H,1-5H3,(H2,24,29)(H,25,26,27). The van der Waals surface area contributed by atoms with Crippen LogP contribution in [0.4, 0.5) is 5.95 Å². The Morgan fingerprint density at radius 1 is 1.03 bits per heavy atom. The van der Waals surface area contributed by atoms with E-state index in [1.165, 1.54) is 7.11 Å². The number of nitrogens with one attached hydrogen (secondary N) is 1. The van der Waals surface area contributed by atoms with E-state index in [0.717, 1.165) is 5.56 Å². The maximum Gasteiger partial charge on any atom is 0.248 e. The number of rotatable bonds is 7. The van der Waals surface area contributed by atoms with Crippen LogP contribution in [0.15, 0.2) is 47.7 Å². The molecule has 1 amide bonds. The van der Waals surface area contributed by atoms with Crippen molar-refractivity contribution in [1.82, 2.24) is 14.8 Å². The molecule has 1 atom stereocenters. The lowest BCUT2D eigenvalue weighted by atomic mass is 9.95. The molecule has 4 rings (SSSR count). The molecule has 10 heteroatoms. The first-order valence-corrected chi connectivity index (χ1v) is 10.1. The number of fused-ring (bicyclic) bond motifs is 1. The van der Waals surface area contributed by atoms with Gasteiger partial charge in [-0.2, -0.15) is 4.98 Å². The Morgan fingerprint density at radius 3 is 2.30 bits per heavy atom. The van der Waals surface area contributed by atoms with Gasteiger partial charge in [0, 0.05) is 11.3 Å². The summed E-state index contributed by atoms with van der Waals surface area (Å²) in [7, 11) is 6.20. The number of carbonyl (C=O) groups excluding carboxylic acids is 1. The predicted molar refractivity (Wildman–Crippen MR) is 122 cm³/mol. The third kappa shape index (κ3) is 3.79. The first-order valence-electron chi connectivity index (χ1n) is 10.1. The van der Waals surface area contributed by atoms with E-state index in [2.05, 4.69) is 10.3 Å². The number of aromatic nitrogens is 3. The van der Waals surface area contributed by atoms with Gasteiger partial charge in [0.05, 0.1) is 34.0 Å². The molecule has 0 bridgehead atoms. The molecule has 0 aliphatic carbocycles. The van der Waals surface area contributed by atoms with Gasteiger partial charge < -0.3 is 30.0 Å². The van der Waals surface area contributed by atoms with Gasteiger partial charge in [0.15, 0.2) is 17.3 Å². The van der Waals surface area contributed by atoms with Gasteiger partial charge in [0.2, 0.25) is 17.6 Å². The van der Waals surface area contributed by atoms with Crippen molar-refractivity contribution in [2.75, 3.05) is 33.8 Å². The lowest BCUT2D eigenvalue weighted by molar-refractivity contribution is -0.115. The lowest BCUT2D eigenvalue weighted by Gasteiger charge is -2.27. The maximum absolute atomic E-state index is 12.4. The van der Waals surface area contributed by atoms with Crippen molar-refractivity contribution in [2.45, 2.75) is 13.0 Å². The SMILES string of the molecule is COc1cccc(C2C(C(N)=O)=C(C)Nc3nc(-c4cc(OC)c(OC)c(OC)c4)nn32)c1. The highest BCUT2D eigenvalue weighted by Crippen LogP contribution is 2.42. The summed E-state index contributed by atoms with van der Waals surface area (Å²) in [5.41, 5.74) is 8.18. The number of anilines is 1. The second-order valence-electron chi connectivity index (χ2n) is 7.32. The fourth-order valence-electron chi connectivity index (χ4n) is 3.92. The van der Waals surface area contributed by atoms with Crippen LogP contribution < -0.4 is 30.0 Å². The zero-order valence-corrected chi connectivity index (χ0v) is 19.0. The highest BCUT2D eigenvalue weighted by Gasteiger charge is 2.34. The Labute approximate surface area is 190 Å². The largest absolute Gasteiger partial charge is 0.497 e. The van der Waals surface area contributed by atoms with Gasteiger partial charge in [0.1, 0.15) is 11.8 Å². The fourth-order valence-corrected chi connectivity index (χ4v) is 3.92. The molecule has 0 spiro atoms. The molecule has 0 saturated carbocycles. The number of carbonyl (C=O) groups is 1. The summed E-state index contributed by atoms with van der Waals surface area (Å²) in [4.78, 5) is 17.1. The first kappa shape index (κ1) is 22.0. The molecule has 172 valence electrons. The molecule has 10 nitrogen and oxygen atoms in total. The zero-order valence-electron chi connectivity index (χ0n) is 19.0. The molecule has 0 saturated heterocycles. The Bertz CT molecular complexity index is 1220. The minimum absolute atomic E-state index is 0.386. The maximum atomic E-state index is 12.4. The highest BCUT2D eigenvalue weighted by atomic mass is 16.5. The Hall–Kier alpha value is -4.21. The molecule has 1 aromatic heterocycles. The Kier molecular flexibility index (Phi) is 5.82. The molecule has 3 N–H and O–H groups in total. The van der Waals surface area contributed by atoms with Gasteiger partial charge in [-0.3, -0.25) is 4.79 Å². The van der Waals surface area contributed by atoms with Gasteiger partial charge in [-0.05, 0) is 36.8 Å². The smallest absolute Gasteiger partial charge is 0.248 e. The predicted octanol–water partition coefficient (Wildman–Crippen LogP) is 2.75. The van der Waals surface area contributed by atoms with E-state index in [0.29, 0.717) is 51.6 Å². The van der Waals surface area contributed by atoms with Crippen molar-refractivity contribution in [3.8, 4) is 34.4 Å². The number of ether oxygens (including phenoxy) is 4. The second kappa shape index (κ2) is 8.73. The number of benzene rings is 2. The van der Waals surface area contributed by atoms with Gasteiger partial charge >= 0.3 is 0 Å². The molecule has 0 radical (unpaired) electrons. The monoisotopic (exact) mass is 451 g/mol. The van der Waals surface area contributed by atoms with Gasteiger partial charge in [0.25, 0.3) is 0 Å². The minimum Gasteiger partial charge on any atom is -0.497 e.